The van der Waals surface area contributed by atoms with E-state index in [1.54, 1.807) is 37.3 Å². The fourth-order valence-electron chi connectivity index (χ4n) is 3.51. The number of esters is 2. The summed E-state index contributed by atoms with van der Waals surface area (Å²) in [5.41, 5.74) is 0.271. The van der Waals surface area contributed by atoms with E-state index >= 15 is 0 Å². The molecule has 43 heavy (non-hydrogen) atoms. The van der Waals surface area contributed by atoms with Crippen LogP contribution in [0.15, 0.2) is 42.6 Å². The lowest BCUT2D eigenvalue weighted by Crippen LogP contribution is -2.49. The smallest absolute Gasteiger partial charge is 0.333 e. The third-order valence-corrected chi connectivity index (χ3v) is 6.01. The molecule has 0 aliphatic heterocycles. The predicted octanol–water partition coefficient (Wildman–Crippen LogP) is -0.250. The first kappa shape index (κ1) is 36.4. The molecule has 3 atom stereocenters. The second-order valence-corrected chi connectivity index (χ2v) is 9.78. The molecule has 2 N–H and O–H groups in total. The zero-order chi connectivity index (χ0) is 32.7. The Kier molecular flexibility index (Phi) is 15.3. The molecule has 0 spiro atoms. The molecule has 1 rings (SSSR count). The number of methoxy groups -OCH3 is 1. The number of ether oxygens (including phenoxy) is 3. The summed E-state index contributed by atoms with van der Waals surface area (Å²) in [5, 5.41) is 4.68. The zero-order valence-electron chi connectivity index (χ0n) is 25.3. The van der Waals surface area contributed by atoms with Crippen molar-refractivity contribution in [2.24, 2.45) is 0 Å². The number of rotatable bonds is 17. The van der Waals surface area contributed by atoms with Gasteiger partial charge in [-0.15, -0.1) is 0 Å². The molecule has 1 aromatic rings. The van der Waals surface area contributed by atoms with Crippen molar-refractivity contribution in [3.63, 3.8) is 0 Å². The molecule has 0 saturated heterocycles. The van der Waals surface area contributed by atoms with Crippen molar-refractivity contribution in [3.8, 4) is 0 Å². The molecule has 0 aromatic heterocycles. The lowest BCUT2D eigenvalue weighted by atomic mass is 10.1. The Bertz CT molecular complexity index is 1190. The normalized spacial score (nSPS) is 12.5. The number of hydrogen-bond donors (Lipinski definition) is 2. The molecule has 4 amide bonds. The molecule has 0 fully saturated rings. The molecule has 14 nitrogen and oxygen atoms in total. The number of carbonyl (C=O) groups is 7. The topological polar surface area (TPSA) is 178 Å². The number of carbonyl (C=O) groups excluding carboxylic acids is 7. The quantitative estimate of drug-likeness (QED) is 0.178. The van der Waals surface area contributed by atoms with Crippen LogP contribution >= 0.6 is 0 Å². The first-order chi connectivity index (χ1) is 20.2. The number of nitrogens with one attached hydrogen (secondary N) is 2. The van der Waals surface area contributed by atoms with Gasteiger partial charge >= 0.3 is 11.9 Å². The van der Waals surface area contributed by atoms with Crippen LogP contribution in [0, 0.1) is 0 Å². The van der Waals surface area contributed by atoms with Gasteiger partial charge in [0, 0.05) is 34.5 Å². The molecule has 0 heterocycles. The van der Waals surface area contributed by atoms with Crippen LogP contribution < -0.4 is 10.6 Å². The van der Waals surface area contributed by atoms with Gasteiger partial charge in [0.1, 0.15) is 18.1 Å². The van der Waals surface area contributed by atoms with Crippen LogP contribution in [0.25, 0.3) is 0 Å². The third-order valence-electron chi connectivity index (χ3n) is 6.01. The van der Waals surface area contributed by atoms with E-state index in [9.17, 15) is 33.6 Å². The van der Waals surface area contributed by atoms with E-state index in [1.165, 1.54) is 28.1 Å². The lowest BCUT2D eigenvalue weighted by molar-refractivity contribution is -0.164. The van der Waals surface area contributed by atoms with E-state index < -0.39 is 67.0 Å². The maximum absolute atomic E-state index is 13.5. The number of Topliss-reactive ketones (excluding diaryl/α,β-unsaturated/α-hetero) is 1. The molecule has 0 radical (unpaired) electrons. The third kappa shape index (κ3) is 13.3. The van der Waals surface area contributed by atoms with Crippen molar-refractivity contribution in [3.05, 3.63) is 48.2 Å². The Morgan fingerprint density at radius 2 is 1.63 bits per heavy atom. The van der Waals surface area contributed by atoms with Crippen LogP contribution in [0.4, 0.5) is 0 Å². The van der Waals surface area contributed by atoms with Crippen molar-refractivity contribution in [1.82, 2.24) is 20.4 Å². The molecule has 236 valence electrons. The van der Waals surface area contributed by atoms with Crippen molar-refractivity contribution < 1.29 is 47.8 Å². The molecule has 2 unspecified atom stereocenters. The molecule has 0 aliphatic carbocycles. The van der Waals surface area contributed by atoms with Crippen LogP contribution in [-0.4, -0.2) is 110 Å². The molecular weight excluding hydrogens is 564 g/mol. The van der Waals surface area contributed by atoms with Gasteiger partial charge in [-0.2, -0.15) is 0 Å². The minimum absolute atomic E-state index is 0.0962. The summed E-state index contributed by atoms with van der Waals surface area (Å²) in [4.78, 5) is 88.5. The summed E-state index contributed by atoms with van der Waals surface area (Å²) in [6.07, 6.45) is -2.11. The van der Waals surface area contributed by atoms with Gasteiger partial charge in [-0.1, -0.05) is 36.9 Å². The second kappa shape index (κ2) is 18.1. The summed E-state index contributed by atoms with van der Waals surface area (Å²) < 4.78 is 15.6. The van der Waals surface area contributed by atoms with E-state index in [0.29, 0.717) is 5.56 Å². The van der Waals surface area contributed by atoms with Crippen LogP contribution in [0.3, 0.4) is 0 Å². The van der Waals surface area contributed by atoms with Crippen molar-refractivity contribution in [2.45, 2.75) is 51.9 Å². The van der Waals surface area contributed by atoms with Crippen molar-refractivity contribution >= 4 is 41.4 Å². The average Bonchev–Trinajstić information content (AvgIpc) is 2.95. The molecule has 1 aromatic carbocycles. The summed E-state index contributed by atoms with van der Waals surface area (Å²) in [7, 11) is 4.06. The fraction of sp³-hybridized carbons (Fsp3) is 0.483. The number of ketones is 1. The van der Waals surface area contributed by atoms with Crippen molar-refractivity contribution in [2.75, 3.05) is 40.9 Å². The highest BCUT2D eigenvalue weighted by Gasteiger charge is 2.33. The first-order valence-electron chi connectivity index (χ1n) is 13.3. The minimum atomic E-state index is -1.48. The monoisotopic (exact) mass is 604 g/mol. The molecule has 0 aliphatic rings. The van der Waals surface area contributed by atoms with Gasteiger partial charge in [0.15, 0.2) is 12.1 Å². The number of amides is 4. The number of benzene rings is 1. The van der Waals surface area contributed by atoms with E-state index in [4.69, 9.17) is 14.2 Å². The van der Waals surface area contributed by atoms with E-state index in [-0.39, 0.29) is 30.9 Å². The van der Waals surface area contributed by atoms with Gasteiger partial charge in [0.25, 0.3) is 11.8 Å². The molecular formula is C29H40N4O10. The summed E-state index contributed by atoms with van der Waals surface area (Å²) >= 11 is 0. The van der Waals surface area contributed by atoms with Crippen LogP contribution in [0.1, 0.15) is 32.8 Å². The Morgan fingerprint density at radius 3 is 2.19 bits per heavy atom. The number of nitrogens with zero attached hydrogens (tertiary/aromatic N) is 2. The Labute approximate surface area is 250 Å². The summed E-state index contributed by atoms with van der Waals surface area (Å²) in [5.74, 6) is -4.80. The van der Waals surface area contributed by atoms with Crippen LogP contribution in [0.5, 0.6) is 0 Å². The standard InChI is InChI=1S/C29H40N4O10/c1-18(34)16-32(5)25(36)15-30-27(38)20(3)33(6)28(39)24(14-22-11-9-8-10-12-22)43-29(40)23(31-21(4)35)17-42-26(37)13-19(2)41-7/h8-12,19,23-24H,3,13-17H2,1-2,4-7H3,(H,30,38)(H,31,35)/t19-,23?,24?/m1/s1. The highest BCUT2D eigenvalue weighted by atomic mass is 16.6. The molecule has 14 heteroatoms. The minimum Gasteiger partial charge on any atom is -0.463 e. The summed E-state index contributed by atoms with van der Waals surface area (Å²) in [6.45, 7) is 6.59. The maximum atomic E-state index is 13.5. The van der Waals surface area contributed by atoms with Gasteiger partial charge in [-0.25, -0.2) is 4.79 Å². The zero-order valence-corrected chi connectivity index (χ0v) is 25.3. The second-order valence-electron chi connectivity index (χ2n) is 9.78. The van der Waals surface area contributed by atoms with E-state index in [1.807, 2.05) is 0 Å². The SMILES string of the molecule is C=C(C(=O)NCC(=O)N(C)CC(C)=O)N(C)C(=O)C(Cc1ccccc1)OC(=O)C(COC(=O)C[C@@H](C)OC)NC(C)=O. The van der Waals surface area contributed by atoms with Crippen LogP contribution in [0.2, 0.25) is 0 Å². The van der Waals surface area contributed by atoms with Gasteiger partial charge in [-0.05, 0) is 19.4 Å². The largest absolute Gasteiger partial charge is 0.463 e. The highest BCUT2D eigenvalue weighted by molar-refractivity contribution is 6.00. The predicted molar refractivity (Wildman–Crippen MR) is 153 cm³/mol. The number of likely N-dealkylation sites (N-methyl/N-ethyl adjacent to an activating group) is 2. The van der Waals surface area contributed by atoms with Gasteiger partial charge in [0.05, 0.1) is 25.6 Å². The van der Waals surface area contributed by atoms with Gasteiger partial charge in [-0.3, -0.25) is 28.8 Å². The molecule has 0 bridgehead atoms. The first-order valence-corrected chi connectivity index (χ1v) is 13.3. The Hall–Kier alpha value is -4.59. The Balaban J connectivity index is 3.06. The highest BCUT2D eigenvalue weighted by Crippen LogP contribution is 2.13. The van der Waals surface area contributed by atoms with Gasteiger partial charge < -0.3 is 34.6 Å². The lowest BCUT2D eigenvalue weighted by Gasteiger charge is -2.26. The summed E-state index contributed by atoms with van der Waals surface area (Å²) in [6, 6.07) is 7.15. The van der Waals surface area contributed by atoms with Gasteiger partial charge in [0.2, 0.25) is 11.8 Å². The van der Waals surface area contributed by atoms with E-state index in [0.717, 1.165) is 16.7 Å². The number of hydrogen-bond acceptors (Lipinski definition) is 10. The van der Waals surface area contributed by atoms with E-state index in [2.05, 4.69) is 17.2 Å². The molecule has 0 saturated carbocycles. The van der Waals surface area contributed by atoms with Crippen molar-refractivity contribution in [1.29, 1.82) is 0 Å². The fourth-order valence-corrected chi connectivity index (χ4v) is 3.51. The maximum Gasteiger partial charge on any atom is 0.333 e. The average molecular weight is 605 g/mol. The van der Waals surface area contributed by atoms with Crippen LogP contribution in [-0.2, 0) is 54.2 Å². The Morgan fingerprint density at radius 1 is 1.00 bits per heavy atom.